The van der Waals surface area contributed by atoms with Crippen LogP contribution in [-0.2, 0) is 0 Å². The largest absolute Gasteiger partial charge is 0.350 e. The van der Waals surface area contributed by atoms with E-state index < -0.39 is 0 Å². The first-order chi connectivity index (χ1) is 8.83. The van der Waals surface area contributed by atoms with Gasteiger partial charge >= 0.3 is 0 Å². The van der Waals surface area contributed by atoms with Gasteiger partial charge in [-0.2, -0.15) is 0 Å². The highest BCUT2D eigenvalue weighted by atomic mass is 32.2. The Morgan fingerprint density at radius 1 is 1.28 bits per heavy atom. The average Bonchev–Trinajstić information content (AvgIpc) is 3.04. The minimum absolute atomic E-state index is 0.351. The van der Waals surface area contributed by atoms with Gasteiger partial charge in [0, 0.05) is 22.7 Å². The van der Waals surface area contributed by atoms with Gasteiger partial charge < -0.3 is 10.7 Å². The number of hydrogen-bond acceptors (Lipinski definition) is 2. The molecule has 18 heavy (non-hydrogen) atoms. The lowest BCUT2D eigenvalue weighted by atomic mass is 10.0. The third-order valence-corrected chi connectivity index (χ3v) is 5.02. The molecule has 1 aromatic carbocycles. The Morgan fingerprint density at radius 3 is 2.83 bits per heavy atom. The lowest BCUT2D eigenvalue weighted by Crippen LogP contribution is -2.30. The quantitative estimate of drug-likeness (QED) is 0.822. The molecule has 96 valence electrons. The van der Waals surface area contributed by atoms with Crippen LogP contribution in [-0.4, -0.2) is 16.8 Å². The van der Waals surface area contributed by atoms with Gasteiger partial charge in [0.2, 0.25) is 0 Å². The molecule has 0 aliphatic heterocycles. The van der Waals surface area contributed by atoms with Gasteiger partial charge in [0.15, 0.2) is 0 Å². The zero-order valence-electron chi connectivity index (χ0n) is 10.6. The van der Waals surface area contributed by atoms with E-state index in [4.69, 9.17) is 5.73 Å². The fourth-order valence-electron chi connectivity index (χ4n) is 2.83. The summed E-state index contributed by atoms with van der Waals surface area (Å²) in [4.78, 5) is 3.45. The molecule has 1 aromatic heterocycles. The van der Waals surface area contributed by atoms with Crippen LogP contribution >= 0.6 is 11.8 Å². The highest BCUT2D eigenvalue weighted by molar-refractivity contribution is 7.99. The van der Waals surface area contributed by atoms with Crippen molar-refractivity contribution in [2.24, 2.45) is 11.7 Å². The Bertz CT molecular complexity index is 481. The molecule has 3 heteroatoms. The molecule has 1 unspecified atom stereocenters. The third-order valence-electron chi connectivity index (χ3n) is 3.94. The number of fused-ring (bicyclic) bond motifs is 1. The first kappa shape index (κ1) is 12.1. The van der Waals surface area contributed by atoms with E-state index in [1.807, 2.05) is 11.8 Å². The van der Waals surface area contributed by atoms with Crippen LogP contribution < -0.4 is 5.73 Å². The second kappa shape index (κ2) is 5.37. The SMILES string of the molecule is NC(CSc1cc2ccccc2[nH]1)C1CCCC1. The van der Waals surface area contributed by atoms with Crippen molar-refractivity contribution >= 4 is 22.7 Å². The average molecular weight is 260 g/mol. The number of nitrogens with one attached hydrogen (secondary N) is 1. The van der Waals surface area contributed by atoms with Gasteiger partial charge in [-0.25, -0.2) is 0 Å². The predicted octanol–water partition coefficient (Wildman–Crippen LogP) is 3.78. The number of rotatable bonds is 4. The number of benzene rings is 1. The normalized spacial score (nSPS) is 18.5. The minimum atomic E-state index is 0.351. The van der Waals surface area contributed by atoms with Crippen LogP contribution in [0.1, 0.15) is 25.7 Å². The fraction of sp³-hybridized carbons (Fsp3) is 0.467. The molecule has 3 N–H and O–H groups in total. The minimum Gasteiger partial charge on any atom is -0.350 e. The van der Waals surface area contributed by atoms with E-state index in [1.165, 1.54) is 41.6 Å². The molecular formula is C15H20N2S. The summed E-state index contributed by atoms with van der Waals surface area (Å²) in [6.45, 7) is 0. The number of nitrogens with two attached hydrogens (primary N) is 1. The Balaban J connectivity index is 1.62. The van der Waals surface area contributed by atoms with Gasteiger partial charge in [-0.15, -0.1) is 11.8 Å². The van der Waals surface area contributed by atoms with Crippen molar-refractivity contribution in [1.29, 1.82) is 0 Å². The van der Waals surface area contributed by atoms with Crippen LogP contribution in [0.2, 0.25) is 0 Å². The van der Waals surface area contributed by atoms with Crippen LogP contribution in [0.5, 0.6) is 0 Å². The molecule has 1 saturated carbocycles. The molecule has 0 bridgehead atoms. The molecule has 0 radical (unpaired) electrons. The summed E-state index contributed by atoms with van der Waals surface area (Å²) in [5.41, 5.74) is 7.50. The topological polar surface area (TPSA) is 41.8 Å². The molecule has 0 saturated heterocycles. The van der Waals surface area contributed by atoms with Gasteiger partial charge in [0.1, 0.15) is 0 Å². The molecule has 1 aliphatic rings. The van der Waals surface area contributed by atoms with E-state index >= 15 is 0 Å². The second-order valence-electron chi connectivity index (χ2n) is 5.24. The fourth-order valence-corrected chi connectivity index (χ4v) is 3.87. The highest BCUT2D eigenvalue weighted by Crippen LogP contribution is 2.30. The molecule has 0 amide bonds. The van der Waals surface area contributed by atoms with Crippen molar-refractivity contribution in [2.75, 3.05) is 5.75 Å². The van der Waals surface area contributed by atoms with E-state index in [9.17, 15) is 0 Å². The van der Waals surface area contributed by atoms with Gasteiger partial charge in [0.25, 0.3) is 0 Å². The molecule has 1 heterocycles. The molecule has 1 atom stereocenters. The van der Waals surface area contributed by atoms with E-state index in [2.05, 4.69) is 35.3 Å². The van der Waals surface area contributed by atoms with Crippen LogP contribution in [0.4, 0.5) is 0 Å². The van der Waals surface area contributed by atoms with Gasteiger partial charge in [-0.05, 0) is 30.9 Å². The van der Waals surface area contributed by atoms with E-state index in [1.54, 1.807) is 0 Å². The number of hydrogen-bond donors (Lipinski definition) is 2. The van der Waals surface area contributed by atoms with Crippen LogP contribution in [0.15, 0.2) is 35.4 Å². The number of H-pyrrole nitrogens is 1. The van der Waals surface area contributed by atoms with Crippen LogP contribution in [0.25, 0.3) is 10.9 Å². The summed E-state index contributed by atoms with van der Waals surface area (Å²) in [6.07, 6.45) is 5.40. The monoisotopic (exact) mass is 260 g/mol. The molecular weight excluding hydrogens is 240 g/mol. The summed E-state index contributed by atoms with van der Waals surface area (Å²) in [5.74, 6) is 1.78. The van der Waals surface area contributed by atoms with Crippen molar-refractivity contribution in [1.82, 2.24) is 4.98 Å². The third kappa shape index (κ3) is 2.57. The van der Waals surface area contributed by atoms with Crippen molar-refractivity contribution in [3.63, 3.8) is 0 Å². The van der Waals surface area contributed by atoms with Crippen molar-refractivity contribution < 1.29 is 0 Å². The Morgan fingerprint density at radius 2 is 2.06 bits per heavy atom. The Kier molecular flexibility index (Phi) is 3.62. The number of aromatic nitrogens is 1. The predicted molar refractivity (Wildman–Crippen MR) is 79.0 cm³/mol. The maximum absolute atomic E-state index is 6.29. The summed E-state index contributed by atoms with van der Waals surface area (Å²) in [7, 11) is 0. The summed E-state index contributed by atoms with van der Waals surface area (Å²) in [6, 6.07) is 11.0. The van der Waals surface area contributed by atoms with E-state index in [0.717, 1.165) is 11.7 Å². The molecule has 3 rings (SSSR count). The molecule has 2 nitrogen and oxygen atoms in total. The van der Waals surface area contributed by atoms with Gasteiger partial charge in [-0.1, -0.05) is 31.0 Å². The van der Waals surface area contributed by atoms with Crippen molar-refractivity contribution in [3.05, 3.63) is 30.3 Å². The molecule has 1 aliphatic carbocycles. The van der Waals surface area contributed by atoms with Gasteiger partial charge in [-0.3, -0.25) is 0 Å². The second-order valence-corrected chi connectivity index (χ2v) is 6.30. The maximum Gasteiger partial charge on any atom is 0.0733 e. The first-order valence-corrected chi connectivity index (χ1v) is 7.77. The molecule has 2 aromatic rings. The number of aromatic amines is 1. The van der Waals surface area contributed by atoms with E-state index in [-0.39, 0.29) is 0 Å². The Labute approximate surface area is 112 Å². The number of thioether (sulfide) groups is 1. The smallest absolute Gasteiger partial charge is 0.0733 e. The summed E-state index contributed by atoms with van der Waals surface area (Å²) in [5, 5.41) is 2.53. The van der Waals surface area contributed by atoms with Crippen LogP contribution in [0, 0.1) is 5.92 Å². The highest BCUT2D eigenvalue weighted by Gasteiger charge is 2.21. The van der Waals surface area contributed by atoms with Crippen molar-refractivity contribution in [3.8, 4) is 0 Å². The standard InChI is InChI=1S/C15H20N2S/c16-13(11-5-1-2-6-11)10-18-15-9-12-7-3-4-8-14(12)17-15/h3-4,7-9,11,13,17H,1-2,5-6,10,16H2. The van der Waals surface area contributed by atoms with Crippen molar-refractivity contribution in [2.45, 2.75) is 36.8 Å². The summed E-state index contributed by atoms with van der Waals surface area (Å²) >= 11 is 1.86. The Hall–Kier alpha value is -0.930. The lowest BCUT2D eigenvalue weighted by molar-refractivity contribution is 0.463. The van der Waals surface area contributed by atoms with Crippen LogP contribution in [0.3, 0.4) is 0 Å². The summed E-state index contributed by atoms with van der Waals surface area (Å²) < 4.78 is 0. The number of para-hydroxylation sites is 1. The van der Waals surface area contributed by atoms with Gasteiger partial charge in [0.05, 0.1) is 5.03 Å². The lowest BCUT2D eigenvalue weighted by Gasteiger charge is -2.17. The molecule has 0 spiro atoms. The zero-order chi connectivity index (χ0) is 12.4. The zero-order valence-corrected chi connectivity index (χ0v) is 11.4. The molecule has 1 fully saturated rings. The van der Waals surface area contributed by atoms with E-state index in [0.29, 0.717) is 6.04 Å². The first-order valence-electron chi connectivity index (χ1n) is 6.79. The maximum atomic E-state index is 6.29.